The van der Waals surface area contributed by atoms with Crippen molar-refractivity contribution in [2.24, 2.45) is 0 Å². The van der Waals surface area contributed by atoms with Gasteiger partial charge in [-0.15, -0.1) is 0 Å². The van der Waals surface area contributed by atoms with Gasteiger partial charge >= 0.3 is 5.97 Å². The monoisotopic (exact) mass is 212 g/mol. The first-order valence-electron chi connectivity index (χ1n) is 5.82. The van der Waals surface area contributed by atoms with Gasteiger partial charge in [-0.1, -0.05) is 0 Å². The summed E-state index contributed by atoms with van der Waals surface area (Å²) in [6.07, 6.45) is 2.67. The maximum absolute atomic E-state index is 10.9. The zero-order valence-corrected chi connectivity index (χ0v) is 9.52. The molecule has 1 aliphatic heterocycles. The van der Waals surface area contributed by atoms with Crippen LogP contribution in [0.25, 0.3) is 0 Å². The molecule has 2 rings (SSSR count). The van der Waals surface area contributed by atoms with Crippen LogP contribution in [0.1, 0.15) is 26.7 Å². The van der Waals surface area contributed by atoms with Gasteiger partial charge in [0.15, 0.2) is 0 Å². The highest BCUT2D eigenvalue weighted by atomic mass is 16.4. The number of piperazine rings is 1. The van der Waals surface area contributed by atoms with Crippen LogP contribution in [0.5, 0.6) is 0 Å². The number of carboxylic acids is 1. The highest BCUT2D eigenvalue weighted by Crippen LogP contribution is 2.29. The van der Waals surface area contributed by atoms with E-state index in [4.69, 9.17) is 5.11 Å². The summed E-state index contributed by atoms with van der Waals surface area (Å²) >= 11 is 0. The third kappa shape index (κ3) is 2.32. The first kappa shape index (κ1) is 10.9. The third-order valence-corrected chi connectivity index (χ3v) is 3.63. The standard InChI is InChI=1S/C11H20N2O2/c1-8-7-12(10-3-4-10)5-6-13(8)9(2)11(14)15/h8-10H,3-7H2,1-2H3,(H,14,15). The molecule has 4 nitrogen and oxygen atoms in total. The summed E-state index contributed by atoms with van der Waals surface area (Å²) in [7, 11) is 0. The van der Waals surface area contributed by atoms with Crippen LogP contribution in [-0.2, 0) is 4.79 Å². The maximum Gasteiger partial charge on any atom is 0.320 e. The van der Waals surface area contributed by atoms with Crippen molar-refractivity contribution in [3.8, 4) is 0 Å². The highest BCUT2D eigenvalue weighted by Gasteiger charge is 2.36. The molecule has 2 aliphatic rings. The molecule has 0 spiro atoms. The van der Waals surface area contributed by atoms with E-state index in [1.54, 1.807) is 6.92 Å². The predicted molar refractivity (Wildman–Crippen MR) is 57.9 cm³/mol. The van der Waals surface area contributed by atoms with Crippen molar-refractivity contribution in [3.05, 3.63) is 0 Å². The van der Waals surface area contributed by atoms with Gasteiger partial charge in [-0.25, -0.2) is 0 Å². The lowest BCUT2D eigenvalue weighted by molar-refractivity contribution is -0.144. The van der Waals surface area contributed by atoms with Crippen LogP contribution in [-0.4, -0.2) is 58.6 Å². The Labute approximate surface area is 90.9 Å². The van der Waals surface area contributed by atoms with Gasteiger partial charge in [-0.05, 0) is 26.7 Å². The molecular formula is C11H20N2O2. The maximum atomic E-state index is 10.9. The van der Waals surface area contributed by atoms with Gasteiger partial charge in [0.1, 0.15) is 6.04 Å². The molecule has 2 unspecified atom stereocenters. The van der Waals surface area contributed by atoms with E-state index in [0.717, 1.165) is 25.7 Å². The number of rotatable bonds is 3. The quantitative estimate of drug-likeness (QED) is 0.745. The number of hydrogen-bond acceptors (Lipinski definition) is 3. The summed E-state index contributed by atoms with van der Waals surface area (Å²) in [5.74, 6) is -0.707. The zero-order valence-electron chi connectivity index (χ0n) is 9.52. The first-order chi connectivity index (χ1) is 7.09. The smallest absolute Gasteiger partial charge is 0.320 e. The lowest BCUT2D eigenvalue weighted by Crippen LogP contribution is -2.56. The molecule has 0 amide bonds. The summed E-state index contributed by atoms with van der Waals surface area (Å²) in [4.78, 5) is 15.5. The Kier molecular flexibility index (Phi) is 2.98. The van der Waals surface area contributed by atoms with Crippen molar-refractivity contribution in [3.63, 3.8) is 0 Å². The minimum Gasteiger partial charge on any atom is -0.480 e. The lowest BCUT2D eigenvalue weighted by atomic mass is 10.1. The summed E-state index contributed by atoms with van der Waals surface area (Å²) < 4.78 is 0. The van der Waals surface area contributed by atoms with E-state index in [-0.39, 0.29) is 6.04 Å². The van der Waals surface area contributed by atoms with Crippen LogP contribution < -0.4 is 0 Å². The molecule has 1 saturated carbocycles. The van der Waals surface area contributed by atoms with Gasteiger partial charge in [0.05, 0.1) is 0 Å². The minimum atomic E-state index is -0.707. The summed E-state index contributed by atoms with van der Waals surface area (Å²) in [6.45, 7) is 6.87. The van der Waals surface area contributed by atoms with Crippen LogP contribution >= 0.6 is 0 Å². The second-order valence-electron chi connectivity index (χ2n) is 4.83. The molecule has 0 bridgehead atoms. The molecule has 1 heterocycles. The largest absolute Gasteiger partial charge is 0.480 e. The number of hydrogen-bond donors (Lipinski definition) is 1. The minimum absolute atomic E-state index is 0.346. The van der Waals surface area contributed by atoms with Crippen LogP contribution in [0, 0.1) is 0 Å². The second kappa shape index (κ2) is 4.10. The van der Waals surface area contributed by atoms with Crippen molar-refractivity contribution < 1.29 is 9.90 Å². The van der Waals surface area contributed by atoms with E-state index in [0.29, 0.717) is 6.04 Å². The van der Waals surface area contributed by atoms with Crippen molar-refractivity contribution in [1.29, 1.82) is 0 Å². The number of carboxylic acid groups (broad SMARTS) is 1. The van der Waals surface area contributed by atoms with Crippen molar-refractivity contribution in [2.75, 3.05) is 19.6 Å². The number of nitrogens with zero attached hydrogens (tertiary/aromatic N) is 2. The molecule has 1 saturated heterocycles. The Bertz CT molecular complexity index is 253. The van der Waals surface area contributed by atoms with Crippen LogP contribution in [0.4, 0.5) is 0 Å². The van der Waals surface area contributed by atoms with Gasteiger partial charge in [0.25, 0.3) is 0 Å². The van der Waals surface area contributed by atoms with E-state index < -0.39 is 5.97 Å². The molecule has 4 heteroatoms. The molecule has 0 aromatic rings. The zero-order chi connectivity index (χ0) is 11.0. The fourth-order valence-corrected chi connectivity index (χ4v) is 2.49. The van der Waals surface area contributed by atoms with E-state index in [1.807, 2.05) is 0 Å². The van der Waals surface area contributed by atoms with Crippen LogP contribution in [0.15, 0.2) is 0 Å². The first-order valence-corrected chi connectivity index (χ1v) is 5.82. The van der Waals surface area contributed by atoms with Crippen molar-refractivity contribution in [1.82, 2.24) is 9.80 Å². The van der Waals surface area contributed by atoms with Gasteiger partial charge in [0.2, 0.25) is 0 Å². The van der Waals surface area contributed by atoms with E-state index in [2.05, 4.69) is 16.7 Å². The van der Waals surface area contributed by atoms with Gasteiger partial charge < -0.3 is 5.11 Å². The molecule has 1 N–H and O–H groups in total. The lowest BCUT2D eigenvalue weighted by Gasteiger charge is -2.41. The van der Waals surface area contributed by atoms with Crippen LogP contribution in [0.2, 0.25) is 0 Å². The molecule has 86 valence electrons. The Morgan fingerprint density at radius 2 is 2.07 bits per heavy atom. The average molecular weight is 212 g/mol. The Hall–Kier alpha value is -0.610. The Balaban J connectivity index is 1.90. The van der Waals surface area contributed by atoms with E-state index >= 15 is 0 Å². The summed E-state index contributed by atoms with van der Waals surface area (Å²) in [5, 5.41) is 8.98. The second-order valence-corrected chi connectivity index (χ2v) is 4.83. The van der Waals surface area contributed by atoms with Gasteiger partial charge in [-0.2, -0.15) is 0 Å². The molecule has 0 aromatic heterocycles. The van der Waals surface area contributed by atoms with Gasteiger partial charge in [0, 0.05) is 31.7 Å². The topological polar surface area (TPSA) is 43.8 Å². The van der Waals surface area contributed by atoms with E-state index in [1.165, 1.54) is 12.8 Å². The summed E-state index contributed by atoms with van der Waals surface area (Å²) in [5.41, 5.74) is 0. The fraction of sp³-hybridized carbons (Fsp3) is 0.909. The molecule has 0 radical (unpaired) electrons. The average Bonchev–Trinajstić information content (AvgIpc) is 2.99. The van der Waals surface area contributed by atoms with Crippen LogP contribution in [0.3, 0.4) is 0 Å². The summed E-state index contributed by atoms with van der Waals surface area (Å²) in [6, 6.07) is 0.821. The third-order valence-electron chi connectivity index (χ3n) is 3.63. The highest BCUT2D eigenvalue weighted by molar-refractivity contribution is 5.72. The number of aliphatic carboxylic acids is 1. The fourth-order valence-electron chi connectivity index (χ4n) is 2.49. The SMILES string of the molecule is CC1CN(C2CC2)CCN1C(C)C(=O)O. The predicted octanol–water partition coefficient (Wildman–Crippen LogP) is 0.628. The molecule has 15 heavy (non-hydrogen) atoms. The molecule has 0 aromatic carbocycles. The molecule has 2 fully saturated rings. The van der Waals surface area contributed by atoms with Crippen molar-refractivity contribution >= 4 is 5.97 Å². The molecule has 1 aliphatic carbocycles. The Morgan fingerprint density at radius 1 is 1.40 bits per heavy atom. The van der Waals surface area contributed by atoms with E-state index in [9.17, 15) is 4.79 Å². The molecular weight excluding hydrogens is 192 g/mol. The van der Waals surface area contributed by atoms with Crippen molar-refractivity contribution in [2.45, 2.75) is 44.8 Å². The van der Waals surface area contributed by atoms with Gasteiger partial charge in [-0.3, -0.25) is 14.6 Å². The molecule has 2 atom stereocenters. The normalized spacial score (nSPS) is 31.5. The number of carbonyl (C=O) groups is 1. The Morgan fingerprint density at radius 3 is 2.53 bits per heavy atom.